The van der Waals surface area contributed by atoms with Gasteiger partial charge in [0.15, 0.2) is 0 Å². The van der Waals surface area contributed by atoms with E-state index in [9.17, 15) is 4.79 Å². The molecule has 1 aliphatic rings. The van der Waals surface area contributed by atoms with E-state index in [2.05, 4.69) is 24.8 Å². The van der Waals surface area contributed by atoms with Crippen molar-refractivity contribution >= 4 is 5.91 Å². The van der Waals surface area contributed by atoms with Crippen LogP contribution in [0.15, 0.2) is 0 Å². The SMILES string of the molecule is CCN(CC)CCCN1CC(C#N)CC1=O. The zero-order valence-electron chi connectivity index (χ0n) is 10.3. The standard InChI is InChI=1S/C12H21N3O/c1-3-14(4-2)6-5-7-15-10-11(9-13)8-12(15)16/h11H,3-8,10H2,1-2H3. The van der Waals surface area contributed by atoms with Gasteiger partial charge in [0.05, 0.1) is 12.0 Å². The Hall–Kier alpha value is -1.08. The Balaban J connectivity index is 2.23. The number of carbonyl (C=O) groups excluding carboxylic acids is 1. The van der Waals surface area contributed by atoms with Gasteiger partial charge in [-0.1, -0.05) is 13.8 Å². The summed E-state index contributed by atoms with van der Waals surface area (Å²) in [5.41, 5.74) is 0. The molecule has 16 heavy (non-hydrogen) atoms. The summed E-state index contributed by atoms with van der Waals surface area (Å²) in [5.74, 6) is 0.0621. The number of hydrogen-bond donors (Lipinski definition) is 0. The molecule has 0 radical (unpaired) electrons. The fourth-order valence-corrected chi connectivity index (χ4v) is 2.10. The van der Waals surface area contributed by atoms with E-state index in [0.29, 0.717) is 13.0 Å². The van der Waals surface area contributed by atoms with E-state index in [1.807, 2.05) is 4.90 Å². The third-order valence-corrected chi connectivity index (χ3v) is 3.19. The monoisotopic (exact) mass is 223 g/mol. The number of nitrogens with zero attached hydrogens (tertiary/aromatic N) is 3. The lowest BCUT2D eigenvalue weighted by Crippen LogP contribution is -2.31. The van der Waals surface area contributed by atoms with Crippen LogP contribution in [0.2, 0.25) is 0 Å². The first-order valence-corrected chi connectivity index (χ1v) is 6.11. The summed E-state index contributed by atoms with van der Waals surface area (Å²) < 4.78 is 0. The smallest absolute Gasteiger partial charge is 0.224 e. The van der Waals surface area contributed by atoms with Crippen LogP contribution in [0.4, 0.5) is 0 Å². The van der Waals surface area contributed by atoms with Gasteiger partial charge in [-0.2, -0.15) is 5.26 Å². The van der Waals surface area contributed by atoms with Crippen molar-refractivity contribution in [3.8, 4) is 6.07 Å². The van der Waals surface area contributed by atoms with Gasteiger partial charge in [-0.15, -0.1) is 0 Å². The van der Waals surface area contributed by atoms with E-state index in [0.717, 1.165) is 32.6 Å². The number of nitriles is 1. The van der Waals surface area contributed by atoms with E-state index in [1.165, 1.54) is 0 Å². The number of amides is 1. The van der Waals surface area contributed by atoms with Crippen molar-refractivity contribution in [3.05, 3.63) is 0 Å². The van der Waals surface area contributed by atoms with Crippen LogP contribution in [0.5, 0.6) is 0 Å². The second kappa shape index (κ2) is 6.49. The summed E-state index contributed by atoms with van der Waals surface area (Å²) in [6.07, 6.45) is 1.42. The van der Waals surface area contributed by atoms with Crippen molar-refractivity contribution in [2.45, 2.75) is 26.7 Å². The summed E-state index contributed by atoms with van der Waals surface area (Å²) in [6.45, 7) is 8.89. The van der Waals surface area contributed by atoms with Gasteiger partial charge >= 0.3 is 0 Å². The van der Waals surface area contributed by atoms with Gasteiger partial charge in [0.25, 0.3) is 0 Å². The Morgan fingerprint density at radius 2 is 2.19 bits per heavy atom. The predicted molar refractivity (Wildman–Crippen MR) is 62.7 cm³/mol. The predicted octanol–water partition coefficient (Wildman–Crippen LogP) is 1.09. The lowest BCUT2D eigenvalue weighted by molar-refractivity contribution is -0.127. The maximum absolute atomic E-state index is 11.5. The maximum atomic E-state index is 11.5. The van der Waals surface area contributed by atoms with Crippen LogP contribution < -0.4 is 0 Å². The van der Waals surface area contributed by atoms with Crippen molar-refractivity contribution in [1.29, 1.82) is 5.26 Å². The van der Waals surface area contributed by atoms with Gasteiger partial charge in [-0.05, 0) is 26.1 Å². The van der Waals surface area contributed by atoms with Crippen molar-refractivity contribution < 1.29 is 4.79 Å². The average Bonchev–Trinajstić information content (AvgIpc) is 2.66. The highest BCUT2D eigenvalue weighted by molar-refractivity contribution is 5.79. The van der Waals surface area contributed by atoms with E-state index >= 15 is 0 Å². The van der Waals surface area contributed by atoms with Gasteiger partial charge < -0.3 is 9.80 Å². The van der Waals surface area contributed by atoms with Gasteiger partial charge in [-0.25, -0.2) is 0 Å². The Morgan fingerprint density at radius 3 is 2.69 bits per heavy atom. The molecule has 4 heteroatoms. The van der Waals surface area contributed by atoms with Crippen LogP contribution in [0.1, 0.15) is 26.7 Å². The Kier molecular flexibility index (Phi) is 5.27. The van der Waals surface area contributed by atoms with Crippen LogP contribution in [0.25, 0.3) is 0 Å². The molecular formula is C12H21N3O. The molecule has 90 valence electrons. The summed E-state index contributed by atoms with van der Waals surface area (Å²) in [4.78, 5) is 15.7. The van der Waals surface area contributed by atoms with Crippen LogP contribution in [-0.4, -0.2) is 48.4 Å². The quantitative estimate of drug-likeness (QED) is 0.677. The Morgan fingerprint density at radius 1 is 1.50 bits per heavy atom. The summed E-state index contributed by atoms with van der Waals surface area (Å²) >= 11 is 0. The highest BCUT2D eigenvalue weighted by atomic mass is 16.2. The van der Waals surface area contributed by atoms with Gasteiger partial charge in [0, 0.05) is 19.5 Å². The highest BCUT2D eigenvalue weighted by Crippen LogP contribution is 2.16. The number of likely N-dealkylation sites (tertiary alicyclic amines) is 1. The fraction of sp³-hybridized carbons (Fsp3) is 0.833. The molecule has 0 aromatic carbocycles. The van der Waals surface area contributed by atoms with Gasteiger partial charge in [0.2, 0.25) is 5.91 Å². The molecule has 0 spiro atoms. The van der Waals surface area contributed by atoms with Crippen molar-refractivity contribution in [1.82, 2.24) is 9.80 Å². The molecule has 0 aromatic heterocycles. The topological polar surface area (TPSA) is 47.3 Å². The zero-order chi connectivity index (χ0) is 12.0. The molecule has 0 bridgehead atoms. The van der Waals surface area contributed by atoms with E-state index in [1.54, 1.807) is 0 Å². The normalized spacial score (nSPS) is 20.5. The largest absolute Gasteiger partial charge is 0.341 e. The number of hydrogen-bond acceptors (Lipinski definition) is 3. The maximum Gasteiger partial charge on any atom is 0.224 e. The third kappa shape index (κ3) is 3.49. The zero-order valence-corrected chi connectivity index (χ0v) is 10.3. The van der Waals surface area contributed by atoms with Crippen molar-refractivity contribution in [3.63, 3.8) is 0 Å². The van der Waals surface area contributed by atoms with E-state index in [4.69, 9.17) is 5.26 Å². The third-order valence-electron chi connectivity index (χ3n) is 3.19. The molecule has 0 aromatic rings. The average molecular weight is 223 g/mol. The minimum Gasteiger partial charge on any atom is -0.341 e. The molecule has 1 fully saturated rings. The molecular weight excluding hydrogens is 202 g/mol. The lowest BCUT2D eigenvalue weighted by Gasteiger charge is -2.20. The van der Waals surface area contributed by atoms with Crippen molar-refractivity contribution in [2.24, 2.45) is 5.92 Å². The second-order valence-corrected chi connectivity index (χ2v) is 4.25. The van der Waals surface area contributed by atoms with Crippen molar-refractivity contribution in [2.75, 3.05) is 32.7 Å². The second-order valence-electron chi connectivity index (χ2n) is 4.25. The molecule has 1 amide bonds. The molecule has 1 heterocycles. The summed E-state index contributed by atoms with van der Waals surface area (Å²) in [5, 5.41) is 8.75. The molecule has 1 atom stereocenters. The minimum absolute atomic E-state index is 0.0825. The number of rotatable bonds is 6. The van der Waals surface area contributed by atoms with Gasteiger partial charge in [-0.3, -0.25) is 4.79 Å². The summed E-state index contributed by atoms with van der Waals surface area (Å²) in [7, 11) is 0. The molecule has 1 rings (SSSR count). The Labute approximate surface area is 97.8 Å². The first-order valence-electron chi connectivity index (χ1n) is 6.11. The lowest BCUT2D eigenvalue weighted by atomic mass is 10.1. The fourth-order valence-electron chi connectivity index (χ4n) is 2.10. The highest BCUT2D eigenvalue weighted by Gasteiger charge is 2.28. The Bertz CT molecular complexity index is 268. The molecule has 1 unspecified atom stereocenters. The van der Waals surface area contributed by atoms with Crippen LogP contribution in [-0.2, 0) is 4.79 Å². The molecule has 1 aliphatic heterocycles. The first-order chi connectivity index (χ1) is 7.71. The van der Waals surface area contributed by atoms with Gasteiger partial charge in [0.1, 0.15) is 0 Å². The van der Waals surface area contributed by atoms with Crippen LogP contribution in [0.3, 0.4) is 0 Å². The first kappa shape index (κ1) is 13.0. The molecule has 1 saturated heterocycles. The van der Waals surface area contributed by atoms with E-state index in [-0.39, 0.29) is 11.8 Å². The molecule has 0 saturated carbocycles. The number of carbonyl (C=O) groups is 1. The van der Waals surface area contributed by atoms with Crippen LogP contribution >= 0.6 is 0 Å². The molecule has 0 N–H and O–H groups in total. The van der Waals surface area contributed by atoms with Crippen LogP contribution in [0, 0.1) is 17.2 Å². The molecule has 0 aliphatic carbocycles. The minimum atomic E-state index is -0.0825. The summed E-state index contributed by atoms with van der Waals surface area (Å²) in [6, 6.07) is 2.17. The molecule has 4 nitrogen and oxygen atoms in total. The van der Waals surface area contributed by atoms with E-state index < -0.39 is 0 Å².